The van der Waals surface area contributed by atoms with Gasteiger partial charge in [0, 0.05) is 11.2 Å². The third kappa shape index (κ3) is 2.84. The smallest absolute Gasteiger partial charge is 0.265 e. The van der Waals surface area contributed by atoms with Crippen molar-refractivity contribution in [2.45, 2.75) is 6.92 Å². The molecule has 0 atom stereocenters. The standard InChI is InChI=1S/C20H14ClN5O/c1-12-15(10-22)19-24-17-4-2-3-5-18(17)26(19)20(27)16(12)11-23-25-14-8-6-13(21)7-9-14/h2-9,11,23,25H,1H3. The molecule has 6 nitrogen and oxygen atoms in total. The van der Waals surface area contributed by atoms with Crippen molar-refractivity contribution < 1.29 is 0 Å². The van der Waals surface area contributed by atoms with Gasteiger partial charge in [-0.25, -0.2) is 4.98 Å². The number of hydrazine groups is 1. The second-order valence-corrected chi connectivity index (χ2v) is 6.45. The van der Waals surface area contributed by atoms with Crippen molar-refractivity contribution in [3.8, 4) is 6.07 Å². The normalized spacial score (nSPS) is 11.7. The van der Waals surface area contributed by atoms with Crippen LogP contribution in [0.5, 0.6) is 0 Å². The summed E-state index contributed by atoms with van der Waals surface area (Å²) >= 11 is 5.87. The van der Waals surface area contributed by atoms with Gasteiger partial charge in [0.15, 0.2) is 5.65 Å². The third-order valence-corrected chi connectivity index (χ3v) is 4.64. The number of hydrogen-bond acceptors (Lipinski definition) is 5. The molecule has 4 rings (SSSR count). The van der Waals surface area contributed by atoms with E-state index in [9.17, 15) is 10.1 Å². The molecule has 0 radical (unpaired) electrons. The number of aromatic nitrogens is 2. The quantitative estimate of drug-likeness (QED) is 0.538. The van der Waals surface area contributed by atoms with Gasteiger partial charge in [0.25, 0.3) is 5.56 Å². The van der Waals surface area contributed by atoms with Crippen LogP contribution in [0.25, 0.3) is 22.9 Å². The number of nitrogens with one attached hydrogen (secondary N) is 2. The van der Waals surface area contributed by atoms with Crippen LogP contribution in [-0.2, 0) is 0 Å². The van der Waals surface area contributed by atoms with Crippen LogP contribution < -0.4 is 21.6 Å². The number of anilines is 1. The van der Waals surface area contributed by atoms with Gasteiger partial charge in [0.2, 0.25) is 0 Å². The molecule has 0 aliphatic carbocycles. The summed E-state index contributed by atoms with van der Waals surface area (Å²) in [6, 6.07) is 16.6. The lowest BCUT2D eigenvalue weighted by Gasteiger charge is -2.07. The van der Waals surface area contributed by atoms with E-state index in [1.165, 1.54) is 4.40 Å². The highest BCUT2D eigenvalue weighted by molar-refractivity contribution is 6.30. The average Bonchev–Trinajstić information content (AvgIpc) is 3.05. The molecule has 0 aliphatic heterocycles. The van der Waals surface area contributed by atoms with Crippen molar-refractivity contribution in [3.05, 3.63) is 80.3 Å². The number of nitriles is 1. The Balaban J connectivity index is 1.87. The van der Waals surface area contributed by atoms with Crippen LogP contribution in [0.4, 0.5) is 5.69 Å². The fourth-order valence-electron chi connectivity index (χ4n) is 3.01. The topological polar surface area (TPSA) is 82.2 Å². The van der Waals surface area contributed by atoms with E-state index in [-0.39, 0.29) is 5.56 Å². The summed E-state index contributed by atoms with van der Waals surface area (Å²) in [5, 5.41) is 10.6. The van der Waals surface area contributed by atoms with Gasteiger partial charge in [0.1, 0.15) is 6.07 Å². The molecule has 2 aromatic heterocycles. The summed E-state index contributed by atoms with van der Waals surface area (Å²) in [7, 11) is 0. The second kappa shape index (κ2) is 6.63. The molecule has 0 bridgehead atoms. The second-order valence-electron chi connectivity index (χ2n) is 6.01. The van der Waals surface area contributed by atoms with E-state index in [4.69, 9.17) is 11.6 Å². The molecule has 27 heavy (non-hydrogen) atoms. The number of pyridine rings is 1. The molecule has 0 amide bonds. The molecule has 0 saturated heterocycles. The van der Waals surface area contributed by atoms with Gasteiger partial charge in [0.05, 0.1) is 27.5 Å². The van der Waals surface area contributed by atoms with E-state index < -0.39 is 0 Å². The number of hydrogen-bond donors (Lipinski definition) is 2. The van der Waals surface area contributed by atoms with Crippen LogP contribution in [-0.4, -0.2) is 9.38 Å². The average molecular weight is 376 g/mol. The molecule has 132 valence electrons. The summed E-state index contributed by atoms with van der Waals surface area (Å²) in [4.78, 5) is 17.5. The molecule has 2 heterocycles. The highest BCUT2D eigenvalue weighted by Gasteiger charge is 2.15. The van der Waals surface area contributed by atoms with Gasteiger partial charge in [-0.15, -0.1) is 0 Å². The van der Waals surface area contributed by atoms with Crippen LogP contribution in [0, 0.1) is 18.3 Å². The Bertz CT molecular complexity index is 1320. The summed E-state index contributed by atoms with van der Waals surface area (Å²) in [5.74, 6) is 0. The molecule has 0 spiro atoms. The Kier molecular flexibility index (Phi) is 4.15. The van der Waals surface area contributed by atoms with Crippen LogP contribution in [0.1, 0.15) is 11.1 Å². The first-order chi connectivity index (χ1) is 13.1. The third-order valence-electron chi connectivity index (χ3n) is 4.39. The van der Waals surface area contributed by atoms with Gasteiger partial charge >= 0.3 is 0 Å². The first-order valence-electron chi connectivity index (χ1n) is 8.21. The lowest BCUT2D eigenvalue weighted by Crippen LogP contribution is -2.36. The van der Waals surface area contributed by atoms with E-state index in [2.05, 4.69) is 21.9 Å². The number of fused-ring (bicyclic) bond motifs is 3. The zero-order valence-corrected chi connectivity index (χ0v) is 15.1. The zero-order chi connectivity index (χ0) is 19.0. The molecule has 7 heteroatoms. The first-order valence-corrected chi connectivity index (χ1v) is 8.59. The molecule has 0 unspecified atom stereocenters. The van der Waals surface area contributed by atoms with E-state index in [1.54, 1.807) is 37.4 Å². The lowest BCUT2D eigenvalue weighted by molar-refractivity contribution is 1.06. The maximum Gasteiger partial charge on any atom is 0.265 e. The maximum atomic E-state index is 13.1. The molecule has 2 aromatic carbocycles. The van der Waals surface area contributed by atoms with E-state index >= 15 is 0 Å². The molecule has 0 aliphatic rings. The fourth-order valence-corrected chi connectivity index (χ4v) is 3.14. The summed E-state index contributed by atoms with van der Waals surface area (Å²) in [6.07, 6.45) is 1.56. The highest BCUT2D eigenvalue weighted by Crippen LogP contribution is 2.17. The highest BCUT2D eigenvalue weighted by atomic mass is 35.5. The first kappa shape index (κ1) is 16.9. The zero-order valence-electron chi connectivity index (χ0n) is 14.3. The number of benzene rings is 2. The van der Waals surface area contributed by atoms with Crippen LogP contribution in [0.15, 0.2) is 53.3 Å². The van der Waals surface area contributed by atoms with E-state index in [0.717, 1.165) is 5.69 Å². The van der Waals surface area contributed by atoms with Crippen molar-refractivity contribution >= 4 is 40.2 Å². The Morgan fingerprint density at radius 3 is 2.67 bits per heavy atom. The monoisotopic (exact) mass is 375 g/mol. The van der Waals surface area contributed by atoms with Crippen molar-refractivity contribution in [3.63, 3.8) is 0 Å². The van der Waals surface area contributed by atoms with Gasteiger partial charge in [-0.3, -0.25) is 9.20 Å². The summed E-state index contributed by atoms with van der Waals surface area (Å²) < 4.78 is 1.48. The lowest BCUT2D eigenvalue weighted by atomic mass is 10.1. The van der Waals surface area contributed by atoms with Gasteiger partial charge in [-0.05, 0) is 48.9 Å². The summed E-state index contributed by atoms with van der Waals surface area (Å²) in [6.45, 7) is 1.75. The van der Waals surface area contributed by atoms with Crippen molar-refractivity contribution in [2.24, 2.45) is 0 Å². The number of halogens is 1. The van der Waals surface area contributed by atoms with Gasteiger partial charge < -0.3 is 10.9 Å². The molecule has 0 fully saturated rings. The number of para-hydroxylation sites is 2. The molecular formula is C20H14ClN5O. The number of rotatable bonds is 3. The van der Waals surface area contributed by atoms with Crippen LogP contribution >= 0.6 is 11.6 Å². The minimum Gasteiger partial charge on any atom is -0.307 e. The Morgan fingerprint density at radius 2 is 1.93 bits per heavy atom. The number of nitrogens with zero attached hydrogens (tertiary/aromatic N) is 3. The van der Waals surface area contributed by atoms with Gasteiger partial charge in [-0.1, -0.05) is 23.7 Å². The van der Waals surface area contributed by atoms with Crippen molar-refractivity contribution in [1.29, 1.82) is 5.26 Å². The molecule has 4 aromatic rings. The minimum absolute atomic E-state index is 0.236. The Hall–Kier alpha value is -3.56. The molecular weight excluding hydrogens is 362 g/mol. The SMILES string of the molecule is Cc1c(C#N)c2nc3ccccc3n2c(=O)c1=CNNc1ccc(Cl)cc1. The molecule has 0 saturated carbocycles. The predicted molar refractivity (Wildman–Crippen MR) is 106 cm³/mol. The van der Waals surface area contributed by atoms with E-state index in [1.807, 2.05) is 24.3 Å². The van der Waals surface area contributed by atoms with Crippen molar-refractivity contribution in [1.82, 2.24) is 14.8 Å². The van der Waals surface area contributed by atoms with Gasteiger partial charge in [-0.2, -0.15) is 5.26 Å². The predicted octanol–water partition coefficient (Wildman–Crippen LogP) is 2.75. The summed E-state index contributed by atoms with van der Waals surface area (Å²) in [5.41, 5.74) is 9.14. The Labute approximate surface area is 159 Å². The number of imidazole rings is 1. The van der Waals surface area contributed by atoms with Crippen LogP contribution in [0.3, 0.4) is 0 Å². The maximum absolute atomic E-state index is 13.1. The van der Waals surface area contributed by atoms with E-state index in [0.29, 0.717) is 38.0 Å². The van der Waals surface area contributed by atoms with Crippen molar-refractivity contribution in [2.75, 3.05) is 5.43 Å². The largest absolute Gasteiger partial charge is 0.307 e. The van der Waals surface area contributed by atoms with Crippen LogP contribution in [0.2, 0.25) is 5.02 Å². The molecule has 2 N–H and O–H groups in total. The Morgan fingerprint density at radius 1 is 1.19 bits per heavy atom. The minimum atomic E-state index is -0.236. The fraction of sp³-hybridized carbons (Fsp3) is 0.0500.